The topological polar surface area (TPSA) is 52.3 Å². The van der Waals surface area contributed by atoms with Gasteiger partial charge >= 0.3 is 5.97 Å². The highest BCUT2D eigenvalue weighted by Crippen LogP contribution is 2.27. The fourth-order valence-electron chi connectivity index (χ4n) is 1.70. The van der Waals surface area contributed by atoms with E-state index in [1.807, 2.05) is 38.3 Å². The van der Waals surface area contributed by atoms with Crippen LogP contribution in [0.4, 0.5) is 0 Å². The van der Waals surface area contributed by atoms with Crippen LogP contribution in [-0.2, 0) is 11.3 Å². The first-order chi connectivity index (χ1) is 8.40. The third kappa shape index (κ3) is 2.71. The summed E-state index contributed by atoms with van der Waals surface area (Å²) in [6.07, 6.45) is 0. The summed E-state index contributed by atoms with van der Waals surface area (Å²) < 4.78 is 6.50. The van der Waals surface area contributed by atoms with Gasteiger partial charge in [-0.2, -0.15) is 0 Å². The van der Waals surface area contributed by atoms with Crippen molar-refractivity contribution in [3.63, 3.8) is 0 Å². The van der Waals surface area contributed by atoms with Gasteiger partial charge in [-0.15, -0.1) is 11.3 Å². The number of carbonyl (C=O) groups excluding carboxylic acids is 1. The van der Waals surface area contributed by atoms with E-state index in [0.29, 0.717) is 12.1 Å². The van der Waals surface area contributed by atoms with Gasteiger partial charge in [0.25, 0.3) is 0 Å². The van der Waals surface area contributed by atoms with Gasteiger partial charge in [0.1, 0.15) is 5.60 Å². The normalized spacial score (nSPS) is 11.8. The summed E-state index contributed by atoms with van der Waals surface area (Å²) in [5, 5.41) is 3.08. The van der Waals surface area contributed by atoms with Crippen molar-refractivity contribution in [2.75, 3.05) is 0 Å². The Hall–Kier alpha value is -1.39. The number of benzene rings is 1. The standard InChI is InChI=1S/C14H17NO2S/c1-14(2,3)17-13(16)9-4-5-12-11(6-9)10(7-15)8-18-12/h4-6,8H,7,15H2,1-3H3. The summed E-state index contributed by atoms with van der Waals surface area (Å²) in [5.41, 5.74) is 6.85. The maximum atomic E-state index is 12.0. The Morgan fingerprint density at radius 1 is 1.39 bits per heavy atom. The van der Waals surface area contributed by atoms with Gasteiger partial charge in [0, 0.05) is 11.2 Å². The number of nitrogens with two attached hydrogens (primary N) is 1. The van der Waals surface area contributed by atoms with Crippen LogP contribution in [0, 0.1) is 0 Å². The summed E-state index contributed by atoms with van der Waals surface area (Å²) in [7, 11) is 0. The predicted octanol–water partition coefficient (Wildman–Crippen LogP) is 3.32. The maximum absolute atomic E-state index is 12.0. The van der Waals surface area contributed by atoms with E-state index in [2.05, 4.69) is 0 Å². The lowest BCUT2D eigenvalue weighted by Crippen LogP contribution is -2.23. The van der Waals surface area contributed by atoms with Crippen molar-refractivity contribution in [3.05, 3.63) is 34.7 Å². The minimum absolute atomic E-state index is 0.293. The Morgan fingerprint density at radius 2 is 2.11 bits per heavy atom. The second-order valence-electron chi connectivity index (χ2n) is 5.18. The van der Waals surface area contributed by atoms with Gasteiger partial charge < -0.3 is 10.5 Å². The molecule has 1 aromatic carbocycles. The predicted molar refractivity (Wildman–Crippen MR) is 74.9 cm³/mol. The minimum atomic E-state index is -0.475. The van der Waals surface area contributed by atoms with Crippen LogP contribution in [0.5, 0.6) is 0 Å². The number of hydrogen-bond donors (Lipinski definition) is 1. The fourth-order valence-corrected chi connectivity index (χ4v) is 2.66. The molecule has 0 aliphatic carbocycles. The number of rotatable bonds is 2. The van der Waals surface area contributed by atoms with Crippen LogP contribution < -0.4 is 5.73 Å². The third-order valence-electron chi connectivity index (χ3n) is 2.51. The molecule has 0 saturated carbocycles. The molecule has 2 aromatic rings. The van der Waals surface area contributed by atoms with E-state index < -0.39 is 5.60 Å². The Balaban J connectivity index is 2.37. The molecule has 0 fully saturated rings. The van der Waals surface area contributed by atoms with Crippen LogP contribution in [-0.4, -0.2) is 11.6 Å². The summed E-state index contributed by atoms with van der Waals surface area (Å²) in [5.74, 6) is -0.293. The van der Waals surface area contributed by atoms with Gasteiger partial charge in [0.2, 0.25) is 0 Å². The van der Waals surface area contributed by atoms with E-state index in [9.17, 15) is 4.79 Å². The van der Waals surface area contributed by atoms with Crippen LogP contribution in [0.2, 0.25) is 0 Å². The summed E-state index contributed by atoms with van der Waals surface area (Å²) in [6.45, 7) is 6.07. The number of esters is 1. The zero-order valence-corrected chi connectivity index (χ0v) is 11.6. The smallest absolute Gasteiger partial charge is 0.338 e. The molecule has 0 saturated heterocycles. The van der Waals surface area contributed by atoms with Gasteiger partial charge in [-0.1, -0.05) is 0 Å². The Kier molecular flexibility index (Phi) is 3.41. The van der Waals surface area contributed by atoms with Crippen molar-refractivity contribution in [3.8, 4) is 0 Å². The van der Waals surface area contributed by atoms with Crippen LogP contribution >= 0.6 is 11.3 Å². The highest BCUT2D eigenvalue weighted by Gasteiger charge is 2.18. The second kappa shape index (κ2) is 4.71. The molecule has 0 radical (unpaired) electrons. The van der Waals surface area contributed by atoms with Gasteiger partial charge in [0.15, 0.2) is 0 Å². The average Bonchev–Trinajstić information content (AvgIpc) is 2.68. The highest BCUT2D eigenvalue weighted by atomic mass is 32.1. The molecule has 1 aromatic heterocycles. The second-order valence-corrected chi connectivity index (χ2v) is 6.09. The number of carbonyl (C=O) groups is 1. The number of fused-ring (bicyclic) bond motifs is 1. The lowest BCUT2D eigenvalue weighted by Gasteiger charge is -2.19. The van der Waals surface area contributed by atoms with E-state index in [1.54, 1.807) is 17.4 Å². The lowest BCUT2D eigenvalue weighted by atomic mass is 10.1. The molecule has 2 rings (SSSR count). The summed E-state index contributed by atoms with van der Waals surface area (Å²) >= 11 is 1.64. The summed E-state index contributed by atoms with van der Waals surface area (Å²) in [4.78, 5) is 12.0. The van der Waals surface area contributed by atoms with Crippen molar-refractivity contribution in [2.24, 2.45) is 5.73 Å². The van der Waals surface area contributed by atoms with E-state index >= 15 is 0 Å². The van der Waals surface area contributed by atoms with Crippen LogP contribution in [0.1, 0.15) is 36.7 Å². The van der Waals surface area contributed by atoms with Crippen molar-refractivity contribution in [1.82, 2.24) is 0 Å². The maximum Gasteiger partial charge on any atom is 0.338 e. The average molecular weight is 263 g/mol. The molecule has 0 unspecified atom stereocenters. The number of thiophene rings is 1. The molecule has 0 spiro atoms. The fraction of sp³-hybridized carbons (Fsp3) is 0.357. The van der Waals surface area contributed by atoms with E-state index in [0.717, 1.165) is 15.6 Å². The van der Waals surface area contributed by atoms with Crippen molar-refractivity contribution in [2.45, 2.75) is 32.9 Å². The highest BCUT2D eigenvalue weighted by molar-refractivity contribution is 7.17. The van der Waals surface area contributed by atoms with Crippen LogP contribution in [0.15, 0.2) is 23.6 Å². The lowest BCUT2D eigenvalue weighted by molar-refractivity contribution is 0.00697. The zero-order valence-electron chi connectivity index (χ0n) is 10.8. The molecule has 96 valence electrons. The van der Waals surface area contributed by atoms with Gasteiger partial charge in [-0.3, -0.25) is 0 Å². The van der Waals surface area contributed by atoms with Crippen molar-refractivity contribution in [1.29, 1.82) is 0 Å². The van der Waals surface area contributed by atoms with E-state index in [-0.39, 0.29) is 5.97 Å². The number of hydrogen-bond acceptors (Lipinski definition) is 4. The zero-order chi connectivity index (χ0) is 13.3. The molecule has 3 nitrogen and oxygen atoms in total. The molecule has 4 heteroatoms. The first-order valence-electron chi connectivity index (χ1n) is 5.84. The van der Waals surface area contributed by atoms with Gasteiger partial charge in [0.05, 0.1) is 5.56 Å². The summed E-state index contributed by atoms with van der Waals surface area (Å²) in [6, 6.07) is 5.60. The van der Waals surface area contributed by atoms with Crippen molar-refractivity contribution >= 4 is 27.4 Å². The van der Waals surface area contributed by atoms with Gasteiger partial charge in [-0.25, -0.2) is 4.79 Å². The molecule has 1 heterocycles. The van der Waals surface area contributed by atoms with Crippen molar-refractivity contribution < 1.29 is 9.53 Å². The molecule has 18 heavy (non-hydrogen) atoms. The molecule has 0 amide bonds. The quantitative estimate of drug-likeness (QED) is 0.846. The Morgan fingerprint density at radius 3 is 2.72 bits per heavy atom. The van der Waals surface area contributed by atoms with E-state index in [4.69, 9.17) is 10.5 Å². The first-order valence-corrected chi connectivity index (χ1v) is 6.72. The largest absolute Gasteiger partial charge is 0.456 e. The molecule has 0 atom stereocenters. The molecule has 2 N–H and O–H groups in total. The van der Waals surface area contributed by atoms with Crippen LogP contribution in [0.3, 0.4) is 0 Å². The monoisotopic (exact) mass is 263 g/mol. The SMILES string of the molecule is CC(C)(C)OC(=O)c1ccc2scc(CN)c2c1. The molecular weight excluding hydrogens is 246 g/mol. The molecule has 0 aliphatic heterocycles. The molecule has 0 bridgehead atoms. The molecule has 0 aliphatic rings. The third-order valence-corrected chi connectivity index (χ3v) is 3.52. The van der Waals surface area contributed by atoms with E-state index in [1.165, 1.54) is 0 Å². The molecular formula is C14H17NO2S. The minimum Gasteiger partial charge on any atom is -0.456 e. The Bertz CT molecular complexity index is 581. The van der Waals surface area contributed by atoms with Gasteiger partial charge in [-0.05, 0) is 55.3 Å². The number of ether oxygens (including phenoxy) is 1. The van der Waals surface area contributed by atoms with Crippen LogP contribution in [0.25, 0.3) is 10.1 Å². The Labute approximate surface area is 111 Å². The first kappa shape index (κ1) is 13.1.